The topological polar surface area (TPSA) is 65.1 Å². The molecule has 0 amide bonds. The highest BCUT2D eigenvalue weighted by molar-refractivity contribution is 5.28. The number of hydrogen-bond donors (Lipinski definition) is 2. The molecule has 2 atom stereocenters. The van der Waals surface area contributed by atoms with Crippen LogP contribution < -0.4 is 16.0 Å². The van der Waals surface area contributed by atoms with Gasteiger partial charge in [-0.2, -0.15) is 5.10 Å². The Morgan fingerprint density at radius 2 is 2.22 bits per heavy atom. The van der Waals surface area contributed by atoms with E-state index in [1.54, 1.807) is 13.3 Å². The van der Waals surface area contributed by atoms with Gasteiger partial charge in [0.1, 0.15) is 0 Å². The first-order valence-corrected chi connectivity index (χ1v) is 6.73. The van der Waals surface area contributed by atoms with Gasteiger partial charge in [0.15, 0.2) is 5.75 Å². The molecule has 0 saturated heterocycles. The van der Waals surface area contributed by atoms with Crippen molar-refractivity contribution in [1.82, 2.24) is 15.2 Å². The van der Waals surface area contributed by atoms with Crippen LogP contribution in [0.15, 0.2) is 6.20 Å². The minimum atomic E-state index is 0.0870. The summed E-state index contributed by atoms with van der Waals surface area (Å²) in [6, 6.07) is 0.0870. The molecule has 1 aromatic rings. The Kier molecular flexibility index (Phi) is 6.15. The lowest BCUT2D eigenvalue weighted by atomic mass is 9.97. The van der Waals surface area contributed by atoms with Gasteiger partial charge in [-0.25, -0.2) is 0 Å². The lowest BCUT2D eigenvalue weighted by molar-refractivity contribution is 0.356. The number of nitrogens with one attached hydrogen (secondary N) is 1. The van der Waals surface area contributed by atoms with Crippen LogP contribution in [-0.4, -0.2) is 16.9 Å². The summed E-state index contributed by atoms with van der Waals surface area (Å²) in [4.78, 5) is 0. The maximum Gasteiger partial charge on any atom is 0.161 e. The molecule has 104 valence electrons. The molecule has 0 aliphatic heterocycles. The lowest BCUT2D eigenvalue weighted by Crippen LogP contribution is -2.31. The molecule has 0 bridgehead atoms. The van der Waals surface area contributed by atoms with E-state index in [4.69, 9.17) is 10.6 Å². The fourth-order valence-electron chi connectivity index (χ4n) is 2.10. The Labute approximate surface area is 110 Å². The van der Waals surface area contributed by atoms with Gasteiger partial charge in [-0.3, -0.25) is 16.0 Å². The fraction of sp³-hybridized carbons (Fsp3) is 0.769. The second-order valence-electron chi connectivity index (χ2n) is 4.79. The quantitative estimate of drug-likeness (QED) is 0.551. The fourth-order valence-corrected chi connectivity index (χ4v) is 2.10. The van der Waals surface area contributed by atoms with Gasteiger partial charge in [-0.1, -0.05) is 27.2 Å². The van der Waals surface area contributed by atoms with E-state index in [-0.39, 0.29) is 6.04 Å². The van der Waals surface area contributed by atoms with Gasteiger partial charge in [0.2, 0.25) is 0 Å². The van der Waals surface area contributed by atoms with Crippen LogP contribution in [0.3, 0.4) is 0 Å². The molecule has 18 heavy (non-hydrogen) atoms. The Morgan fingerprint density at radius 1 is 1.50 bits per heavy atom. The molecule has 0 aliphatic carbocycles. The number of hydrazine groups is 1. The second-order valence-corrected chi connectivity index (χ2v) is 4.79. The molecule has 1 rings (SSSR count). The maximum absolute atomic E-state index is 5.71. The van der Waals surface area contributed by atoms with Gasteiger partial charge in [0.25, 0.3) is 0 Å². The maximum atomic E-state index is 5.71. The number of aromatic nitrogens is 2. The highest BCUT2D eigenvalue weighted by Crippen LogP contribution is 2.29. The molecular weight excluding hydrogens is 228 g/mol. The zero-order chi connectivity index (χ0) is 13.5. The van der Waals surface area contributed by atoms with Crippen LogP contribution in [0, 0.1) is 5.92 Å². The number of rotatable bonds is 8. The van der Waals surface area contributed by atoms with E-state index in [2.05, 4.69) is 31.3 Å². The van der Waals surface area contributed by atoms with Crippen molar-refractivity contribution in [3.63, 3.8) is 0 Å². The third-order valence-corrected chi connectivity index (χ3v) is 3.37. The Morgan fingerprint density at radius 3 is 2.72 bits per heavy atom. The number of aryl methyl sites for hydroxylation is 1. The molecule has 5 heteroatoms. The van der Waals surface area contributed by atoms with Gasteiger partial charge < -0.3 is 4.74 Å². The van der Waals surface area contributed by atoms with Gasteiger partial charge in [-0.15, -0.1) is 0 Å². The van der Waals surface area contributed by atoms with Gasteiger partial charge in [-0.05, 0) is 18.8 Å². The molecule has 1 heterocycles. The van der Waals surface area contributed by atoms with E-state index < -0.39 is 0 Å². The summed E-state index contributed by atoms with van der Waals surface area (Å²) in [6.45, 7) is 7.45. The van der Waals surface area contributed by atoms with E-state index in [9.17, 15) is 0 Å². The molecular formula is C13H26N4O. The molecule has 1 aromatic heterocycles. The lowest BCUT2D eigenvalue weighted by Gasteiger charge is -2.21. The molecule has 0 aromatic carbocycles. The number of nitrogens with zero attached hydrogens (tertiary/aromatic N) is 2. The highest BCUT2D eigenvalue weighted by atomic mass is 16.5. The van der Waals surface area contributed by atoms with Crippen molar-refractivity contribution in [3.8, 4) is 5.75 Å². The van der Waals surface area contributed by atoms with Crippen LogP contribution in [0.4, 0.5) is 0 Å². The molecule has 5 nitrogen and oxygen atoms in total. The van der Waals surface area contributed by atoms with Crippen molar-refractivity contribution in [2.45, 2.75) is 52.6 Å². The molecule has 3 N–H and O–H groups in total. The summed E-state index contributed by atoms with van der Waals surface area (Å²) in [5, 5.41) is 4.37. The van der Waals surface area contributed by atoms with Crippen LogP contribution in [0.1, 0.15) is 51.8 Å². The normalized spacial score (nSPS) is 14.5. The average molecular weight is 254 g/mol. The van der Waals surface area contributed by atoms with Crippen LogP contribution in [0.2, 0.25) is 0 Å². The van der Waals surface area contributed by atoms with E-state index in [1.807, 2.05) is 4.68 Å². The number of ether oxygens (including phenoxy) is 1. The van der Waals surface area contributed by atoms with Crippen molar-refractivity contribution in [3.05, 3.63) is 11.9 Å². The predicted molar refractivity (Wildman–Crippen MR) is 73.2 cm³/mol. The van der Waals surface area contributed by atoms with Gasteiger partial charge in [0.05, 0.1) is 25.0 Å². The summed E-state index contributed by atoms with van der Waals surface area (Å²) in [5.41, 5.74) is 3.96. The predicted octanol–water partition coefficient (Wildman–Crippen LogP) is 2.24. The standard InChI is InChI=1S/C13H26N4O/c1-5-7-17-13(12(18-4)9-15-17)11(16-14)8-10(3)6-2/h9-11,16H,5-8,14H2,1-4H3. The Balaban J connectivity index is 2.97. The van der Waals surface area contributed by atoms with Crippen molar-refractivity contribution in [2.24, 2.45) is 11.8 Å². The van der Waals surface area contributed by atoms with Crippen molar-refractivity contribution >= 4 is 0 Å². The number of methoxy groups -OCH3 is 1. The van der Waals surface area contributed by atoms with Crippen LogP contribution >= 0.6 is 0 Å². The van der Waals surface area contributed by atoms with E-state index in [1.165, 1.54) is 0 Å². The van der Waals surface area contributed by atoms with Gasteiger partial charge in [0, 0.05) is 6.54 Å². The molecule has 0 aliphatic rings. The van der Waals surface area contributed by atoms with Crippen LogP contribution in [0.5, 0.6) is 5.75 Å². The van der Waals surface area contributed by atoms with E-state index in [0.29, 0.717) is 5.92 Å². The summed E-state index contributed by atoms with van der Waals surface area (Å²) in [5.74, 6) is 7.14. The van der Waals surface area contributed by atoms with Crippen LogP contribution in [0.25, 0.3) is 0 Å². The largest absolute Gasteiger partial charge is 0.493 e. The summed E-state index contributed by atoms with van der Waals surface area (Å²) in [6.07, 6.45) is 4.94. The minimum absolute atomic E-state index is 0.0870. The summed E-state index contributed by atoms with van der Waals surface area (Å²) < 4.78 is 7.38. The first-order valence-electron chi connectivity index (χ1n) is 6.73. The third kappa shape index (κ3) is 3.46. The summed E-state index contributed by atoms with van der Waals surface area (Å²) in [7, 11) is 1.67. The Bertz CT molecular complexity index is 351. The molecule has 0 fully saturated rings. The smallest absolute Gasteiger partial charge is 0.161 e. The third-order valence-electron chi connectivity index (χ3n) is 3.37. The highest BCUT2D eigenvalue weighted by Gasteiger charge is 2.22. The molecule has 0 spiro atoms. The molecule has 0 radical (unpaired) electrons. The van der Waals surface area contributed by atoms with Crippen molar-refractivity contribution in [2.75, 3.05) is 7.11 Å². The average Bonchev–Trinajstić information content (AvgIpc) is 2.79. The Hall–Kier alpha value is -1.07. The second kappa shape index (κ2) is 7.38. The van der Waals surface area contributed by atoms with Crippen molar-refractivity contribution < 1.29 is 4.74 Å². The van der Waals surface area contributed by atoms with E-state index in [0.717, 1.165) is 37.3 Å². The summed E-state index contributed by atoms with van der Waals surface area (Å²) >= 11 is 0. The minimum Gasteiger partial charge on any atom is -0.493 e. The van der Waals surface area contributed by atoms with E-state index >= 15 is 0 Å². The SMILES string of the molecule is CCCn1ncc(OC)c1C(CC(C)CC)NN. The first-order chi connectivity index (χ1) is 8.67. The zero-order valence-corrected chi connectivity index (χ0v) is 11.9. The monoisotopic (exact) mass is 254 g/mol. The first kappa shape index (κ1) is 15.0. The molecule has 0 saturated carbocycles. The zero-order valence-electron chi connectivity index (χ0n) is 11.9. The van der Waals surface area contributed by atoms with Gasteiger partial charge >= 0.3 is 0 Å². The van der Waals surface area contributed by atoms with Crippen molar-refractivity contribution in [1.29, 1.82) is 0 Å². The number of hydrogen-bond acceptors (Lipinski definition) is 4. The number of nitrogens with two attached hydrogens (primary N) is 1. The van der Waals surface area contributed by atoms with Crippen LogP contribution in [-0.2, 0) is 6.54 Å². The molecule has 2 unspecified atom stereocenters.